The van der Waals surface area contributed by atoms with Crippen LogP contribution in [0.4, 0.5) is 0 Å². The number of furan rings is 1. The lowest BCUT2D eigenvalue weighted by atomic mass is 10.0. The van der Waals surface area contributed by atoms with Crippen LogP contribution in [0.1, 0.15) is 0 Å². The average molecular weight is 774 g/mol. The van der Waals surface area contributed by atoms with Gasteiger partial charge in [-0.25, -0.2) is 19.9 Å². The molecule has 0 aliphatic heterocycles. The predicted octanol–water partition coefficient (Wildman–Crippen LogP) is 13.8. The number of benzene rings is 8. The van der Waals surface area contributed by atoms with Gasteiger partial charge in [-0.1, -0.05) is 133 Å². The molecule has 8 aromatic carbocycles. The smallest absolute Gasteiger partial charge is 0.164 e. The zero-order valence-corrected chi connectivity index (χ0v) is 32.3. The first-order chi connectivity index (χ1) is 29.2. The van der Waals surface area contributed by atoms with Crippen molar-refractivity contribution in [3.05, 3.63) is 188 Å². The van der Waals surface area contributed by atoms with Gasteiger partial charge in [0.25, 0.3) is 0 Å². The summed E-state index contributed by atoms with van der Waals surface area (Å²) in [4.78, 5) is 20.7. The predicted molar refractivity (Wildman–Crippen MR) is 242 cm³/mol. The van der Waals surface area contributed by atoms with Crippen LogP contribution in [0.25, 0.3) is 116 Å². The Morgan fingerprint density at radius 3 is 1.92 bits per heavy atom. The van der Waals surface area contributed by atoms with E-state index in [0.29, 0.717) is 17.5 Å². The SMILES string of the molecule is c1ccc(-c2nc(-c3ccc(-c4cccc5c4oc4ccccc45)cc3)nc(-c3cccc4sc5ccc(-c6nc7ccccc7n6-c6ccccc6)cc5c34)n2)cc1. The molecule has 0 radical (unpaired) electrons. The molecule has 0 amide bonds. The number of nitrogens with zero attached hydrogens (tertiary/aromatic N) is 5. The summed E-state index contributed by atoms with van der Waals surface area (Å²) in [6.45, 7) is 0. The molecular formula is C52H31N5OS. The molecule has 0 aliphatic carbocycles. The highest BCUT2D eigenvalue weighted by molar-refractivity contribution is 7.26. The van der Waals surface area contributed by atoms with Crippen molar-refractivity contribution >= 4 is 64.5 Å². The molecule has 0 saturated heterocycles. The lowest BCUT2D eigenvalue weighted by molar-refractivity contribution is 0.670. The molecule has 0 N–H and O–H groups in total. The van der Waals surface area contributed by atoms with Crippen LogP contribution < -0.4 is 0 Å². The van der Waals surface area contributed by atoms with Crippen LogP contribution in [-0.2, 0) is 0 Å². The van der Waals surface area contributed by atoms with Crippen molar-refractivity contribution in [1.29, 1.82) is 0 Å². The third kappa shape index (κ3) is 5.55. The number of thiophene rings is 1. The zero-order valence-electron chi connectivity index (χ0n) is 31.5. The van der Waals surface area contributed by atoms with Crippen LogP contribution >= 0.6 is 11.3 Å². The lowest BCUT2D eigenvalue weighted by Gasteiger charge is -2.11. The first-order valence-corrected chi connectivity index (χ1v) is 20.4. The fourth-order valence-electron chi connectivity index (χ4n) is 8.33. The third-order valence-corrected chi connectivity index (χ3v) is 12.2. The van der Waals surface area contributed by atoms with Gasteiger partial charge in [0.05, 0.1) is 11.0 Å². The van der Waals surface area contributed by atoms with Gasteiger partial charge in [0.15, 0.2) is 17.5 Å². The largest absolute Gasteiger partial charge is 0.455 e. The average Bonchev–Trinajstić information content (AvgIpc) is 4.01. The Labute approximate surface area is 342 Å². The van der Waals surface area contributed by atoms with Crippen LogP contribution in [0.3, 0.4) is 0 Å². The van der Waals surface area contributed by atoms with Gasteiger partial charge >= 0.3 is 0 Å². The molecule has 4 heterocycles. The minimum absolute atomic E-state index is 0.608. The molecule has 4 aromatic heterocycles. The Hall–Kier alpha value is -7.74. The normalized spacial score (nSPS) is 11.7. The van der Waals surface area contributed by atoms with E-state index in [1.54, 1.807) is 11.3 Å². The summed E-state index contributed by atoms with van der Waals surface area (Å²) in [5, 5.41) is 4.47. The lowest BCUT2D eigenvalue weighted by Crippen LogP contribution is -2.00. The first-order valence-electron chi connectivity index (χ1n) is 19.5. The van der Waals surface area contributed by atoms with E-state index < -0.39 is 0 Å². The minimum Gasteiger partial charge on any atom is -0.455 e. The first kappa shape index (κ1) is 33.4. The van der Waals surface area contributed by atoms with Gasteiger partial charge < -0.3 is 4.42 Å². The second-order valence-electron chi connectivity index (χ2n) is 14.6. The molecule has 0 saturated carbocycles. The number of imidazole rings is 1. The Kier molecular flexibility index (Phi) is 7.61. The van der Waals surface area contributed by atoms with Crippen molar-refractivity contribution in [3.8, 4) is 62.4 Å². The van der Waals surface area contributed by atoms with Gasteiger partial charge in [-0.05, 0) is 60.2 Å². The quantitative estimate of drug-likeness (QED) is 0.168. The van der Waals surface area contributed by atoms with Crippen molar-refractivity contribution in [2.24, 2.45) is 0 Å². The van der Waals surface area contributed by atoms with E-state index in [1.165, 1.54) is 9.40 Å². The molecule has 0 aliphatic rings. The van der Waals surface area contributed by atoms with Gasteiger partial charge in [0.2, 0.25) is 0 Å². The van der Waals surface area contributed by atoms with Crippen LogP contribution in [0, 0.1) is 0 Å². The Morgan fingerprint density at radius 2 is 1.07 bits per heavy atom. The van der Waals surface area contributed by atoms with E-state index in [1.807, 2.05) is 54.6 Å². The topological polar surface area (TPSA) is 69.6 Å². The molecule has 12 rings (SSSR count). The molecule has 12 aromatic rings. The van der Waals surface area contributed by atoms with Gasteiger partial charge in [-0.15, -0.1) is 11.3 Å². The fourth-order valence-corrected chi connectivity index (χ4v) is 9.44. The molecule has 7 heteroatoms. The molecule has 0 bridgehead atoms. The summed E-state index contributed by atoms with van der Waals surface area (Å²) in [5.41, 5.74) is 10.8. The van der Waals surface area contributed by atoms with Crippen LogP contribution in [0.2, 0.25) is 0 Å². The van der Waals surface area contributed by atoms with Crippen molar-refractivity contribution in [3.63, 3.8) is 0 Å². The molecule has 0 atom stereocenters. The number of hydrogen-bond donors (Lipinski definition) is 0. The summed E-state index contributed by atoms with van der Waals surface area (Å²) in [6, 6.07) is 64.9. The number of rotatable bonds is 6. The number of para-hydroxylation sites is 5. The standard InChI is InChI=1S/C52H31N5OS/c1-3-13-33(14-4-1)49-54-50(34-27-25-32(26-28-34)37-18-11-19-39-38-17-7-10-23-44(38)58-48(37)39)56-51(55-49)40-20-12-24-46-47(40)41-31-35(29-30-45(41)59-46)52-53-42-21-8-9-22-43(42)57(52)36-15-5-2-6-16-36/h1-31H. The summed E-state index contributed by atoms with van der Waals surface area (Å²) in [5.74, 6) is 2.74. The molecule has 0 unspecified atom stereocenters. The van der Waals surface area contributed by atoms with Crippen molar-refractivity contribution in [2.45, 2.75) is 0 Å². The third-order valence-electron chi connectivity index (χ3n) is 11.1. The van der Waals surface area contributed by atoms with E-state index in [4.69, 9.17) is 24.4 Å². The zero-order chi connectivity index (χ0) is 38.9. The van der Waals surface area contributed by atoms with Gasteiger partial charge in [0.1, 0.15) is 17.0 Å². The summed E-state index contributed by atoms with van der Waals surface area (Å²) in [6.07, 6.45) is 0. The molecular weight excluding hydrogens is 743 g/mol. The summed E-state index contributed by atoms with van der Waals surface area (Å²) >= 11 is 1.78. The van der Waals surface area contributed by atoms with Crippen LogP contribution in [-0.4, -0.2) is 24.5 Å². The van der Waals surface area contributed by atoms with Gasteiger partial charge in [0, 0.05) is 64.4 Å². The Bertz CT molecular complexity index is 3550. The van der Waals surface area contributed by atoms with Crippen molar-refractivity contribution < 1.29 is 4.42 Å². The van der Waals surface area contributed by atoms with E-state index in [-0.39, 0.29) is 0 Å². The van der Waals surface area contributed by atoms with Crippen molar-refractivity contribution in [1.82, 2.24) is 24.5 Å². The summed E-state index contributed by atoms with van der Waals surface area (Å²) < 4.78 is 11.0. The van der Waals surface area contributed by atoms with Crippen LogP contribution in [0.5, 0.6) is 0 Å². The maximum Gasteiger partial charge on any atom is 0.164 e. The highest BCUT2D eigenvalue weighted by Gasteiger charge is 2.20. The highest BCUT2D eigenvalue weighted by Crippen LogP contribution is 2.42. The highest BCUT2D eigenvalue weighted by atomic mass is 32.1. The maximum absolute atomic E-state index is 6.38. The molecule has 6 nitrogen and oxygen atoms in total. The van der Waals surface area contributed by atoms with E-state index in [2.05, 4.69) is 138 Å². The monoisotopic (exact) mass is 773 g/mol. The van der Waals surface area contributed by atoms with E-state index >= 15 is 0 Å². The van der Waals surface area contributed by atoms with Crippen LogP contribution in [0.15, 0.2) is 192 Å². The molecule has 0 spiro atoms. The van der Waals surface area contributed by atoms with E-state index in [9.17, 15) is 0 Å². The fraction of sp³-hybridized carbons (Fsp3) is 0. The molecule has 0 fully saturated rings. The second-order valence-corrected chi connectivity index (χ2v) is 15.7. The minimum atomic E-state index is 0.608. The second kappa shape index (κ2) is 13.4. The number of aromatic nitrogens is 5. The van der Waals surface area contributed by atoms with Gasteiger partial charge in [-0.3, -0.25) is 4.57 Å². The van der Waals surface area contributed by atoms with Gasteiger partial charge in [-0.2, -0.15) is 0 Å². The number of fused-ring (bicyclic) bond motifs is 7. The Balaban J connectivity index is 1.01. The van der Waals surface area contributed by atoms with E-state index in [0.717, 1.165) is 88.6 Å². The molecule has 276 valence electrons. The van der Waals surface area contributed by atoms with Crippen molar-refractivity contribution in [2.75, 3.05) is 0 Å². The molecule has 59 heavy (non-hydrogen) atoms. The Morgan fingerprint density at radius 1 is 0.424 bits per heavy atom. The number of hydrogen-bond acceptors (Lipinski definition) is 6. The summed E-state index contributed by atoms with van der Waals surface area (Å²) in [7, 11) is 0. The maximum atomic E-state index is 6.38.